The molecule has 478 valence electrons. The lowest BCUT2D eigenvalue weighted by molar-refractivity contribution is 0.219. The third kappa shape index (κ3) is 68.6. The van der Waals surface area contributed by atoms with Gasteiger partial charge in [-0.05, 0) is 226 Å². The number of nitrogens with zero attached hydrogens (tertiary/aromatic N) is 3. The van der Waals surface area contributed by atoms with Gasteiger partial charge in [0.05, 0.1) is 0 Å². The predicted molar refractivity (Wildman–Crippen MR) is 377 cm³/mol. The minimum atomic E-state index is 1.11. The van der Waals surface area contributed by atoms with Crippen LogP contribution in [0.1, 0.15) is 349 Å². The van der Waals surface area contributed by atoms with Gasteiger partial charge in [0.1, 0.15) is 0 Å². The molecule has 0 heterocycles. The highest BCUT2D eigenvalue weighted by atomic mass is 15.1. The minimum Gasteiger partial charge on any atom is -0.306 e. The molecule has 0 bridgehead atoms. The van der Waals surface area contributed by atoms with Crippen LogP contribution < -0.4 is 0 Å². The van der Waals surface area contributed by atoms with Gasteiger partial charge < -0.3 is 14.7 Å². The van der Waals surface area contributed by atoms with E-state index in [1.54, 1.807) is 0 Å². The smallest absolute Gasteiger partial charge is 0.000655 e. The third-order valence-electron chi connectivity index (χ3n) is 16.7. The van der Waals surface area contributed by atoms with E-state index >= 15 is 0 Å². The molecule has 0 fully saturated rings. The van der Waals surface area contributed by atoms with Gasteiger partial charge in [0.2, 0.25) is 0 Å². The lowest BCUT2D eigenvalue weighted by Gasteiger charge is -2.26. The summed E-state index contributed by atoms with van der Waals surface area (Å²) in [6.45, 7) is 19.4. The van der Waals surface area contributed by atoms with Crippen molar-refractivity contribution >= 4 is 0 Å². The maximum atomic E-state index is 2.86. The SMILES string of the molecule is CCCCC/C=C\C/C=C\CCCCCCCCN(CCCCCCCC/C=C\C/C=C\CCCCC)CCCN(C)CCCN(CCCCCCCC/C=C\C/C=C\CCCCC)CCCCCCCC/C=C\C/C=C\CCCCC. The first-order valence-electron chi connectivity index (χ1n) is 37.0. The summed E-state index contributed by atoms with van der Waals surface area (Å²) in [6, 6.07) is 0. The van der Waals surface area contributed by atoms with Gasteiger partial charge in [-0.2, -0.15) is 0 Å². The molecule has 0 rings (SSSR count). The second-order valence-electron chi connectivity index (χ2n) is 25.0. The van der Waals surface area contributed by atoms with Crippen molar-refractivity contribution in [2.45, 2.75) is 349 Å². The quantitative estimate of drug-likeness (QED) is 0.0444. The van der Waals surface area contributed by atoms with Crippen molar-refractivity contribution in [3.05, 3.63) is 97.2 Å². The maximum absolute atomic E-state index is 2.86. The zero-order valence-corrected chi connectivity index (χ0v) is 56.6. The van der Waals surface area contributed by atoms with Crippen LogP contribution in [0.5, 0.6) is 0 Å². The van der Waals surface area contributed by atoms with Gasteiger partial charge in [-0.3, -0.25) is 0 Å². The molecule has 3 heteroatoms. The number of hydrogen-bond donors (Lipinski definition) is 0. The van der Waals surface area contributed by atoms with Gasteiger partial charge >= 0.3 is 0 Å². The Morgan fingerprint density at radius 2 is 0.341 bits per heavy atom. The van der Waals surface area contributed by atoms with Gasteiger partial charge in [0.15, 0.2) is 0 Å². The Labute approximate surface area is 517 Å². The third-order valence-corrected chi connectivity index (χ3v) is 16.7. The number of unbranched alkanes of at least 4 members (excludes halogenated alkanes) is 36. The molecular formula is C79H147N3. The van der Waals surface area contributed by atoms with E-state index in [4.69, 9.17) is 0 Å². The van der Waals surface area contributed by atoms with Crippen molar-refractivity contribution in [1.29, 1.82) is 0 Å². The number of hydrogen-bond acceptors (Lipinski definition) is 3. The highest BCUT2D eigenvalue weighted by molar-refractivity contribution is 4.95. The van der Waals surface area contributed by atoms with E-state index in [0.29, 0.717) is 0 Å². The molecule has 0 saturated carbocycles. The average Bonchev–Trinajstić information content (AvgIpc) is 3.48. The number of allylic oxidation sites excluding steroid dienone is 16. The monoisotopic (exact) mass is 1140 g/mol. The molecule has 0 aromatic heterocycles. The molecule has 0 N–H and O–H groups in total. The van der Waals surface area contributed by atoms with Crippen LogP contribution in [0, 0.1) is 0 Å². The lowest BCUT2D eigenvalue weighted by atomic mass is 10.1. The van der Waals surface area contributed by atoms with Crippen molar-refractivity contribution < 1.29 is 0 Å². The fraction of sp³-hybridized carbons (Fsp3) is 0.797. The molecule has 0 atom stereocenters. The fourth-order valence-electron chi connectivity index (χ4n) is 11.2. The van der Waals surface area contributed by atoms with E-state index in [9.17, 15) is 0 Å². The molecule has 0 aromatic rings. The Morgan fingerprint density at radius 1 is 0.171 bits per heavy atom. The van der Waals surface area contributed by atoms with E-state index in [1.165, 1.54) is 348 Å². The first-order valence-corrected chi connectivity index (χ1v) is 37.0. The van der Waals surface area contributed by atoms with Crippen molar-refractivity contribution in [3.63, 3.8) is 0 Å². The molecule has 0 aliphatic carbocycles. The zero-order chi connectivity index (χ0) is 59.1. The predicted octanol–water partition coefficient (Wildman–Crippen LogP) is 25.6. The summed E-state index contributed by atoms with van der Waals surface area (Å²) in [5, 5.41) is 0. The van der Waals surface area contributed by atoms with Gasteiger partial charge in [-0.15, -0.1) is 0 Å². The molecule has 0 saturated heterocycles. The zero-order valence-electron chi connectivity index (χ0n) is 56.6. The first kappa shape index (κ1) is 79.8. The molecule has 82 heavy (non-hydrogen) atoms. The second-order valence-corrected chi connectivity index (χ2v) is 25.0. The maximum Gasteiger partial charge on any atom is -0.000655 e. The molecular weight excluding hydrogens is 991 g/mol. The standard InChI is InChI=1S/C79H147N3/c1-6-10-14-18-22-26-30-34-38-42-46-50-54-58-62-66-74-81(75-67-63-59-55-51-47-43-39-35-31-27-23-19-15-11-7-2)78-70-72-80(5)73-71-79-82(76-68-64-60-56-52-48-44-40-36-32-28-24-20-16-12-8-3)77-69-65-61-57-53-49-45-41-37-33-29-25-21-17-13-9-4/h22-29,34-41H,6-21,30-33,42-79H2,1-5H3/b26-22-,27-23-,28-24-,29-25-,38-34-,39-35-,40-36-,41-37-. The molecule has 0 spiro atoms. The molecule has 3 nitrogen and oxygen atoms in total. The molecule has 0 aromatic carbocycles. The Balaban J connectivity index is 4.89. The van der Waals surface area contributed by atoms with Crippen molar-refractivity contribution in [1.82, 2.24) is 14.7 Å². The van der Waals surface area contributed by atoms with Crippen LogP contribution in [0.2, 0.25) is 0 Å². The van der Waals surface area contributed by atoms with Crippen molar-refractivity contribution in [2.75, 3.05) is 59.4 Å². The molecule has 0 unspecified atom stereocenters. The summed E-state index contributed by atoms with van der Waals surface area (Å²) in [4.78, 5) is 8.39. The van der Waals surface area contributed by atoms with Crippen LogP contribution in [0.3, 0.4) is 0 Å². The Hall–Kier alpha value is -2.20. The lowest BCUT2D eigenvalue weighted by Crippen LogP contribution is -2.32. The van der Waals surface area contributed by atoms with Gasteiger partial charge in [-0.1, -0.05) is 279 Å². The largest absolute Gasteiger partial charge is 0.306 e. The molecule has 0 aliphatic rings. The second kappa shape index (κ2) is 73.1. The van der Waals surface area contributed by atoms with Crippen LogP contribution in [0.15, 0.2) is 97.2 Å². The van der Waals surface area contributed by atoms with Crippen LogP contribution in [-0.4, -0.2) is 74.1 Å². The Bertz CT molecular complexity index is 1230. The summed E-state index contributed by atoms with van der Waals surface area (Å²) >= 11 is 0. The van der Waals surface area contributed by atoms with E-state index in [-0.39, 0.29) is 0 Å². The minimum absolute atomic E-state index is 1.11. The molecule has 0 aliphatic heterocycles. The fourth-order valence-corrected chi connectivity index (χ4v) is 11.2. The summed E-state index contributed by atoms with van der Waals surface area (Å²) in [7, 11) is 2.41. The molecule has 0 radical (unpaired) electrons. The number of rotatable bonds is 68. The van der Waals surface area contributed by atoms with E-state index in [1.807, 2.05) is 0 Å². The molecule has 0 amide bonds. The first-order chi connectivity index (χ1) is 40.7. The normalized spacial score (nSPS) is 12.8. The Morgan fingerprint density at radius 3 is 0.549 bits per heavy atom. The highest BCUT2D eigenvalue weighted by Crippen LogP contribution is 2.15. The summed E-state index contributed by atoms with van der Waals surface area (Å²) < 4.78 is 0. The van der Waals surface area contributed by atoms with E-state index < -0.39 is 0 Å². The van der Waals surface area contributed by atoms with Crippen LogP contribution >= 0.6 is 0 Å². The Kier molecular flexibility index (Phi) is 71.1. The van der Waals surface area contributed by atoms with Gasteiger partial charge in [-0.25, -0.2) is 0 Å². The van der Waals surface area contributed by atoms with Crippen molar-refractivity contribution in [3.8, 4) is 0 Å². The topological polar surface area (TPSA) is 9.72 Å². The van der Waals surface area contributed by atoms with Gasteiger partial charge in [0.25, 0.3) is 0 Å². The van der Waals surface area contributed by atoms with Crippen LogP contribution in [-0.2, 0) is 0 Å². The van der Waals surface area contributed by atoms with E-state index in [0.717, 1.165) is 25.7 Å². The summed E-state index contributed by atoms with van der Waals surface area (Å²) in [5.74, 6) is 0. The van der Waals surface area contributed by atoms with E-state index in [2.05, 4.69) is 147 Å². The average molecular weight is 1140 g/mol. The van der Waals surface area contributed by atoms with Crippen LogP contribution in [0.25, 0.3) is 0 Å². The van der Waals surface area contributed by atoms with Gasteiger partial charge in [0, 0.05) is 0 Å². The van der Waals surface area contributed by atoms with Crippen molar-refractivity contribution in [2.24, 2.45) is 0 Å². The highest BCUT2D eigenvalue weighted by Gasteiger charge is 2.09. The summed E-state index contributed by atoms with van der Waals surface area (Å²) in [6.07, 6.45) is 105. The van der Waals surface area contributed by atoms with Crippen LogP contribution in [0.4, 0.5) is 0 Å². The summed E-state index contributed by atoms with van der Waals surface area (Å²) in [5.41, 5.74) is 0.